The Morgan fingerprint density at radius 3 is 2.94 bits per heavy atom. The molecule has 1 aliphatic heterocycles. The molecule has 1 amide bonds. The molecule has 2 rings (SSSR count). The van der Waals surface area contributed by atoms with Crippen molar-refractivity contribution in [2.45, 2.75) is 19.4 Å². The number of hydrogen-bond acceptors (Lipinski definition) is 3. The standard InChI is InChI=1S/C13H17NO3/c15-13(12-7-4-8-16-10-12)14-17-9-11-5-2-1-3-6-11/h1-3,5-6,12H,4,7-10H2,(H,14,15). The van der Waals surface area contributed by atoms with Gasteiger partial charge < -0.3 is 4.74 Å². The molecule has 0 bridgehead atoms. The van der Waals surface area contributed by atoms with Crippen LogP contribution in [0, 0.1) is 5.92 Å². The van der Waals surface area contributed by atoms with Crippen LogP contribution in [0.5, 0.6) is 0 Å². The molecular formula is C13H17NO3. The monoisotopic (exact) mass is 235 g/mol. The molecule has 0 aromatic heterocycles. The van der Waals surface area contributed by atoms with Crippen molar-refractivity contribution in [3.8, 4) is 0 Å². The fourth-order valence-electron chi connectivity index (χ4n) is 1.80. The van der Waals surface area contributed by atoms with Gasteiger partial charge in [-0.15, -0.1) is 0 Å². The van der Waals surface area contributed by atoms with Gasteiger partial charge in [-0.05, 0) is 18.4 Å². The number of amides is 1. The maximum absolute atomic E-state index is 11.7. The number of carbonyl (C=O) groups excluding carboxylic acids is 1. The number of hydrogen-bond donors (Lipinski definition) is 1. The molecule has 1 heterocycles. The lowest BCUT2D eigenvalue weighted by Crippen LogP contribution is -2.35. The van der Waals surface area contributed by atoms with Gasteiger partial charge in [0.1, 0.15) is 0 Å². The van der Waals surface area contributed by atoms with Crippen molar-refractivity contribution in [2.75, 3.05) is 13.2 Å². The molecule has 1 N–H and O–H groups in total. The molecule has 1 aromatic rings. The van der Waals surface area contributed by atoms with Gasteiger partial charge in [-0.3, -0.25) is 9.63 Å². The zero-order valence-electron chi connectivity index (χ0n) is 9.72. The van der Waals surface area contributed by atoms with E-state index in [0.717, 1.165) is 25.0 Å². The van der Waals surface area contributed by atoms with Crippen molar-refractivity contribution in [3.05, 3.63) is 35.9 Å². The van der Waals surface area contributed by atoms with Crippen LogP contribution in [0.1, 0.15) is 18.4 Å². The predicted octanol–water partition coefficient (Wildman–Crippen LogP) is 1.66. The van der Waals surface area contributed by atoms with Gasteiger partial charge in [-0.25, -0.2) is 5.48 Å². The van der Waals surface area contributed by atoms with Crippen molar-refractivity contribution in [1.82, 2.24) is 5.48 Å². The number of hydroxylamine groups is 1. The number of rotatable bonds is 4. The summed E-state index contributed by atoms with van der Waals surface area (Å²) < 4.78 is 5.25. The van der Waals surface area contributed by atoms with Crippen LogP contribution >= 0.6 is 0 Å². The minimum Gasteiger partial charge on any atom is -0.381 e. The highest BCUT2D eigenvalue weighted by molar-refractivity contribution is 5.77. The van der Waals surface area contributed by atoms with Crippen LogP contribution in [0.25, 0.3) is 0 Å². The maximum atomic E-state index is 11.7. The second-order valence-corrected chi connectivity index (χ2v) is 4.15. The summed E-state index contributed by atoms with van der Waals surface area (Å²) in [5.41, 5.74) is 3.52. The topological polar surface area (TPSA) is 47.6 Å². The first kappa shape index (κ1) is 12.1. The summed E-state index contributed by atoms with van der Waals surface area (Å²) in [6.45, 7) is 1.65. The molecule has 17 heavy (non-hydrogen) atoms. The second kappa shape index (κ2) is 6.37. The lowest BCUT2D eigenvalue weighted by Gasteiger charge is -2.20. The summed E-state index contributed by atoms with van der Waals surface area (Å²) in [5, 5.41) is 0. The average molecular weight is 235 g/mol. The van der Waals surface area contributed by atoms with Crippen molar-refractivity contribution < 1.29 is 14.4 Å². The Morgan fingerprint density at radius 2 is 2.24 bits per heavy atom. The summed E-state index contributed by atoms with van der Waals surface area (Å²) in [7, 11) is 0. The molecular weight excluding hydrogens is 218 g/mol. The fraction of sp³-hybridized carbons (Fsp3) is 0.462. The van der Waals surface area contributed by atoms with Crippen molar-refractivity contribution in [2.24, 2.45) is 5.92 Å². The third-order valence-electron chi connectivity index (χ3n) is 2.79. The summed E-state index contributed by atoms with van der Waals surface area (Å²) in [6.07, 6.45) is 1.82. The predicted molar refractivity (Wildman–Crippen MR) is 62.9 cm³/mol. The Labute approximate surface area is 101 Å². The van der Waals surface area contributed by atoms with E-state index < -0.39 is 0 Å². The second-order valence-electron chi connectivity index (χ2n) is 4.15. The van der Waals surface area contributed by atoms with E-state index in [1.54, 1.807) is 0 Å². The molecule has 0 radical (unpaired) electrons. The first-order valence-corrected chi connectivity index (χ1v) is 5.89. The zero-order valence-corrected chi connectivity index (χ0v) is 9.72. The minimum absolute atomic E-state index is 0.0699. The van der Waals surface area contributed by atoms with Crippen LogP contribution in [0.15, 0.2) is 30.3 Å². The third-order valence-corrected chi connectivity index (χ3v) is 2.79. The van der Waals surface area contributed by atoms with E-state index in [1.165, 1.54) is 0 Å². The molecule has 1 fully saturated rings. The van der Waals surface area contributed by atoms with Gasteiger partial charge in [-0.2, -0.15) is 0 Å². The minimum atomic E-state index is -0.0827. The van der Waals surface area contributed by atoms with Gasteiger partial charge in [0.05, 0.1) is 19.1 Å². The summed E-state index contributed by atoms with van der Waals surface area (Å²) in [5.74, 6) is -0.153. The normalized spacial score (nSPS) is 19.9. The van der Waals surface area contributed by atoms with E-state index in [4.69, 9.17) is 9.57 Å². The Balaban J connectivity index is 1.69. The quantitative estimate of drug-likeness (QED) is 0.807. The van der Waals surface area contributed by atoms with Crippen LogP contribution in [0.4, 0.5) is 0 Å². The molecule has 4 nitrogen and oxygen atoms in total. The Hall–Kier alpha value is -1.39. The number of nitrogens with one attached hydrogen (secondary N) is 1. The highest BCUT2D eigenvalue weighted by Crippen LogP contribution is 2.13. The van der Waals surface area contributed by atoms with Gasteiger partial charge in [0.2, 0.25) is 5.91 Å². The number of carbonyl (C=O) groups is 1. The Morgan fingerprint density at radius 1 is 1.41 bits per heavy atom. The molecule has 1 aromatic carbocycles. The molecule has 1 aliphatic rings. The number of benzene rings is 1. The molecule has 0 saturated carbocycles. The summed E-state index contributed by atoms with van der Waals surface area (Å²) >= 11 is 0. The summed E-state index contributed by atoms with van der Waals surface area (Å²) in [6, 6.07) is 9.73. The lowest BCUT2D eigenvalue weighted by atomic mass is 10.0. The van der Waals surface area contributed by atoms with Gasteiger partial charge in [0, 0.05) is 6.61 Å². The Bertz CT molecular complexity index is 347. The van der Waals surface area contributed by atoms with E-state index in [9.17, 15) is 4.79 Å². The smallest absolute Gasteiger partial charge is 0.248 e. The van der Waals surface area contributed by atoms with Gasteiger partial charge >= 0.3 is 0 Å². The third kappa shape index (κ3) is 3.84. The largest absolute Gasteiger partial charge is 0.381 e. The van der Waals surface area contributed by atoms with Crippen molar-refractivity contribution in [3.63, 3.8) is 0 Å². The van der Waals surface area contributed by atoms with Crippen LogP contribution in [0.2, 0.25) is 0 Å². The highest BCUT2D eigenvalue weighted by atomic mass is 16.6. The summed E-state index contributed by atoms with van der Waals surface area (Å²) in [4.78, 5) is 16.9. The van der Waals surface area contributed by atoms with Gasteiger partial charge in [0.15, 0.2) is 0 Å². The maximum Gasteiger partial charge on any atom is 0.248 e. The molecule has 0 spiro atoms. The molecule has 92 valence electrons. The fourth-order valence-corrected chi connectivity index (χ4v) is 1.80. The van der Waals surface area contributed by atoms with Crippen LogP contribution in [0.3, 0.4) is 0 Å². The van der Waals surface area contributed by atoms with Crippen LogP contribution in [-0.2, 0) is 21.0 Å². The molecule has 4 heteroatoms. The zero-order chi connectivity index (χ0) is 11.9. The lowest BCUT2D eigenvalue weighted by molar-refractivity contribution is -0.142. The van der Waals surface area contributed by atoms with Crippen molar-refractivity contribution >= 4 is 5.91 Å². The van der Waals surface area contributed by atoms with E-state index in [0.29, 0.717) is 13.2 Å². The van der Waals surface area contributed by atoms with E-state index in [-0.39, 0.29) is 11.8 Å². The van der Waals surface area contributed by atoms with Crippen LogP contribution < -0.4 is 5.48 Å². The average Bonchev–Trinajstić information content (AvgIpc) is 2.41. The van der Waals surface area contributed by atoms with E-state index >= 15 is 0 Å². The van der Waals surface area contributed by atoms with Gasteiger partial charge in [-0.1, -0.05) is 30.3 Å². The van der Waals surface area contributed by atoms with E-state index in [2.05, 4.69) is 5.48 Å². The molecule has 1 atom stereocenters. The van der Waals surface area contributed by atoms with E-state index in [1.807, 2.05) is 30.3 Å². The molecule has 1 unspecified atom stereocenters. The van der Waals surface area contributed by atoms with Crippen molar-refractivity contribution in [1.29, 1.82) is 0 Å². The van der Waals surface area contributed by atoms with Gasteiger partial charge in [0.25, 0.3) is 0 Å². The number of ether oxygens (including phenoxy) is 1. The highest BCUT2D eigenvalue weighted by Gasteiger charge is 2.21. The molecule has 1 saturated heterocycles. The molecule has 0 aliphatic carbocycles. The SMILES string of the molecule is O=C(NOCc1ccccc1)C1CCCOC1. The Kier molecular flexibility index (Phi) is 4.53. The first-order chi connectivity index (χ1) is 8.36. The van der Waals surface area contributed by atoms with Crippen LogP contribution in [-0.4, -0.2) is 19.1 Å². The first-order valence-electron chi connectivity index (χ1n) is 5.89.